The Bertz CT molecular complexity index is 779. The lowest BCUT2D eigenvalue weighted by atomic mass is 9.85. The highest BCUT2D eigenvalue weighted by Crippen LogP contribution is 2.37. The molecule has 0 aromatic heterocycles. The lowest BCUT2D eigenvalue weighted by molar-refractivity contribution is 0.0488. The van der Waals surface area contributed by atoms with Crippen molar-refractivity contribution < 1.29 is 14.7 Å². The summed E-state index contributed by atoms with van der Waals surface area (Å²) in [5.41, 5.74) is 1.33. The van der Waals surface area contributed by atoms with Crippen molar-refractivity contribution in [1.29, 1.82) is 0 Å². The van der Waals surface area contributed by atoms with Crippen LogP contribution in [0.4, 0.5) is 0 Å². The molecule has 1 saturated carbocycles. The van der Waals surface area contributed by atoms with E-state index in [0.29, 0.717) is 22.6 Å². The molecule has 0 aliphatic heterocycles. The first kappa shape index (κ1) is 17.6. The van der Waals surface area contributed by atoms with Crippen LogP contribution in [-0.2, 0) is 0 Å². The largest absolute Gasteiger partial charge is 0.382 e. The van der Waals surface area contributed by atoms with Crippen molar-refractivity contribution >= 4 is 11.6 Å². The van der Waals surface area contributed by atoms with Crippen LogP contribution in [0, 0.1) is 0 Å². The predicted molar refractivity (Wildman–Crippen MR) is 98.2 cm³/mol. The molecule has 0 unspecified atom stereocenters. The number of carbonyl (C=O) groups excluding carboxylic acids is 2. The number of rotatable bonds is 5. The van der Waals surface area contributed by atoms with Crippen LogP contribution in [-0.4, -0.2) is 22.3 Å². The second kappa shape index (κ2) is 6.93. The highest BCUT2D eigenvalue weighted by atomic mass is 16.3. The first-order chi connectivity index (χ1) is 11.9. The Kier molecular flexibility index (Phi) is 4.87. The Labute approximate surface area is 148 Å². The zero-order valence-corrected chi connectivity index (χ0v) is 14.8. The molecule has 1 fully saturated rings. The van der Waals surface area contributed by atoms with Crippen molar-refractivity contribution in [3.8, 4) is 0 Å². The first-order valence-corrected chi connectivity index (χ1v) is 8.89. The van der Waals surface area contributed by atoms with Gasteiger partial charge in [0.2, 0.25) is 0 Å². The van der Waals surface area contributed by atoms with Gasteiger partial charge in [0.15, 0.2) is 11.6 Å². The van der Waals surface area contributed by atoms with E-state index in [2.05, 4.69) is 0 Å². The number of hydrogen-bond acceptors (Lipinski definition) is 3. The highest BCUT2D eigenvalue weighted by Gasteiger charge is 2.29. The number of ketones is 2. The Morgan fingerprint density at radius 2 is 1.60 bits per heavy atom. The van der Waals surface area contributed by atoms with E-state index in [1.54, 1.807) is 12.1 Å². The quantitative estimate of drug-likeness (QED) is 0.816. The topological polar surface area (TPSA) is 54.4 Å². The van der Waals surface area contributed by atoms with E-state index in [1.807, 2.05) is 36.4 Å². The van der Waals surface area contributed by atoms with Crippen molar-refractivity contribution in [3.63, 3.8) is 0 Å². The average molecular weight is 336 g/mol. The molecule has 1 aliphatic carbocycles. The lowest BCUT2D eigenvalue weighted by Crippen LogP contribution is -2.31. The molecule has 0 spiro atoms. The Hall–Kier alpha value is -2.26. The SMILES string of the molecule is CC(C)(O)C(=O)c1ccc(C(=O)c2ccccc2)c(C2CCCC2)c1. The van der Waals surface area contributed by atoms with Gasteiger partial charge < -0.3 is 5.11 Å². The van der Waals surface area contributed by atoms with E-state index in [-0.39, 0.29) is 11.6 Å². The van der Waals surface area contributed by atoms with Gasteiger partial charge in [-0.15, -0.1) is 0 Å². The highest BCUT2D eigenvalue weighted by molar-refractivity contribution is 6.11. The third kappa shape index (κ3) is 3.72. The Morgan fingerprint density at radius 1 is 0.960 bits per heavy atom. The molecule has 2 aromatic carbocycles. The monoisotopic (exact) mass is 336 g/mol. The third-order valence-electron chi connectivity index (χ3n) is 4.95. The van der Waals surface area contributed by atoms with Crippen molar-refractivity contribution in [2.45, 2.75) is 51.0 Å². The normalized spacial score (nSPS) is 15.3. The van der Waals surface area contributed by atoms with E-state index < -0.39 is 5.60 Å². The minimum atomic E-state index is -1.42. The van der Waals surface area contributed by atoms with Gasteiger partial charge in [-0.2, -0.15) is 0 Å². The van der Waals surface area contributed by atoms with Crippen molar-refractivity contribution in [2.75, 3.05) is 0 Å². The maximum Gasteiger partial charge on any atom is 0.193 e. The summed E-state index contributed by atoms with van der Waals surface area (Å²) in [5, 5.41) is 10.0. The summed E-state index contributed by atoms with van der Waals surface area (Å²) in [5.74, 6) is -0.0209. The van der Waals surface area contributed by atoms with Crippen LogP contribution in [0.1, 0.15) is 77.3 Å². The number of hydrogen-bond donors (Lipinski definition) is 1. The van der Waals surface area contributed by atoms with Gasteiger partial charge in [-0.25, -0.2) is 0 Å². The average Bonchev–Trinajstić information content (AvgIpc) is 3.14. The summed E-state index contributed by atoms with van der Waals surface area (Å²) in [4.78, 5) is 25.4. The molecule has 1 aliphatic rings. The summed E-state index contributed by atoms with van der Waals surface area (Å²) in [6.45, 7) is 2.99. The fourth-order valence-electron chi connectivity index (χ4n) is 3.58. The molecule has 0 amide bonds. The van der Waals surface area contributed by atoms with Crippen LogP contribution in [0.15, 0.2) is 48.5 Å². The molecule has 0 heterocycles. The molecular weight excluding hydrogens is 312 g/mol. The van der Waals surface area contributed by atoms with E-state index in [9.17, 15) is 14.7 Å². The van der Waals surface area contributed by atoms with Crippen LogP contribution < -0.4 is 0 Å². The van der Waals surface area contributed by atoms with Gasteiger partial charge in [0.05, 0.1) is 0 Å². The molecule has 130 valence electrons. The Balaban J connectivity index is 2.06. The van der Waals surface area contributed by atoms with Crippen molar-refractivity contribution in [1.82, 2.24) is 0 Å². The first-order valence-electron chi connectivity index (χ1n) is 8.89. The van der Waals surface area contributed by atoms with Crippen LogP contribution >= 0.6 is 0 Å². The molecule has 0 bridgehead atoms. The van der Waals surface area contributed by atoms with Gasteiger partial charge in [0.25, 0.3) is 0 Å². The van der Waals surface area contributed by atoms with Crippen molar-refractivity contribution in [3.05, 3.63) is 70.8 Å². The van der Waals surface area contributed by atoms with E-state index in [0.717, 1.165) is 31.2 Å². The smallest absolute Gasteiger partial charge is 0.193 e. The van der Waals surface area contributed by atoms with Crippen LogP contribution in [0.25, 0.3) is 0 Å². The molecular formula is C22H24O3. The van der Waals surface area contributed by atoms with Crippen molar-refractivity contribution in [2.24, 2.45) is 0 Å². The second-order valence-electron chi connectivity index (χ2n) is 7.37. The van der Waals surface area contributed by atoms with Gasteiger partial charge >= 0.3 is 0 Å². The maximum absolute atomic E-state index is 13.0. The summed E-state index contributed by atoms with van der Waals surface area (Å²) in [6.07, 6.45) is 4.37. The summed E-state index contributed by atoms with van der Waals surface area (Å²) in [6, 6.07) is 14.5. The van der Waals surface area contributed by atoms with Gasteiger partial charge in [0.1, 0.15) is 5.60 Å². The second-order valence-corrected chi connectivity index (χ2v) is 7.37. The van der Waals surface area contributed by atoms with Crippen LogP contribution in [0.5, 0.6) is 0 Å². The van der Waals surface area contributed by atoms with E-state index in [4.69, 9.17) is 0 Å². The minimum absolute atomic E-state index is 0.00948. The molecule has 0 atom stereocenters. The maximum atomic E-state index is 13.0. The molecule has 1 N–H and O–H groups in total. The number of carbonyl (C=O) groups is 2. The Morgan fingerprint density at radius 3 is 2.20 bits per heavy atom. The molecule has 25 heavy (non-hydrogen) atoms. The molecule has 3 heteroatoms. The van der Waals surface area contributed by atoms with Crippen LogP contribution in [0.2, 0.25) is 0 Å². The predicted octanol–water partition coefficient (Wildman–Crippen LogP) is 4.53. The standard InChI is InChI=1S/C22H24O3/c1-22(2,25)21(24)17-12-13-18(19(14-17)15-8-6-7-9-15)20(23)16-10-4-3-5-11-16/h3-5,10-15,25H,6-9H2,1-2H3. The molecule has 3 nitrogen and oxygen atoms in total. The number of aliphatic hydroxyl groups is 1. The molecule has 2 aromatic rings. The van der Waals surface area contributed by atoms with E-state index in [1.165, 1.54) is 13.8 Å². The van der Waals surface area contributed by atoms with E-state index >= 15 is 0 Å². The third-order valence-corrected chi connectivity index (χ3v) is 4.95. The fraction of sp³-hybridized carbons (Fsp3) is 0.364. The minimum Gasteiger partial charge on any atom is -0.382 e. The summed E-state index contributed by atoms with van der Waals surface area (Å²) >= 11 is 0. The number of Topliss-reactive ketones (excluding diaryl/α,β-unsaturated/α-hetero) is 1. The lowest BCUT2D eigenvalue weighted by Gasteiger charge is -2.19. The summed E-state index contributed by atoms with van der Waals surface area (Å²) in [7, 11) is 0. The van der Waals surface area contributed by atoms with Gasteiger partial charge in [0, 0.05) is 16.7 Å². The molecule has 0 saturated heterocycles. The number of benzene rings is 2. The van der Waals surface area contributed by atoms with Crippen LogP contribution in [0.3, 0.4) is 0 Å². The fourth-order valence-corrected chi connectivity index (χ4v) is 3.58. The zero-order valence-electron chi connectivity index (χ0n) is 14.8. The zero-order chi connectivity index (χ0) is 18.0. The molecule has 3 rings (SSSR count). The summed E-state index contributed by atoms with van der Waals surface area (Å²) < 4.78 is 0. The molecule has 0 radical (unpaired) electrons. The van der Waals surface area contributed by atoms with Gasteiger partial charge in [-0.3, -0.25) is 9.59 Å². The van der Waals surface area contributed by atoms with Gasteiger partial charge in [-0.05, 0) is 44.2 Å². The van der Waals surface area contributed by atoms with Gasteiger partial charge in [-0.1, -0.05) is 55.3 Å².